The molecule has 0 aliphatic rings. The summed E-state index contributed by atoms with van der Waals surface area (Å²) in [6.07, 6.45) is 0.962. The van der Waals surface area contributed by atoms with Gasteiger partial charge >= 0.3 is 0 Å². The van der Waals surface area contributed by atoms with Crippen molar-refractivity contribution in [2.45, 2.75) is 6.42 Å². The van der Waals surface area contributed by atoms with Crippen LogP contribution in [0.3, 0.4) is 0 Å². The van der Waals surface area contributed by atoms with Crippen molar-refractivity contribution in [1.29, 1.82) is 0 Å². The average Bonchev–Trinajstić information content (AvgIpc) is 2.71. The Hall–Kier alpha value is -0.912. The molecule has 0 aliphatic carbocycles. The molecule has 0 nitrogen and oxygen atoms in total. The maximum atomic E-state index is 2.23. The molecule has 4 aromatic carbocycles. The topological polar surface area (TPSA) is 0 Å². The third-order valence-electron chi connectivity index (χ3n) is 4.53. The minimum atomic E-state index is 0. The second-order valence-electron chi connectivity index (χ2n) is 6.30. The summed E-state index contributed by atoms with van der Waals surface area (Å²) in [4.78, 5) is 0. The van der Waals surface area contributed by atoms with E-state index in [0.29, 0.717) is 0 Å². The van der Waals surface area contributed by atoms with Gasteiger partial charge in [-0.2, -0.15) is 0 Å². The smallest absolute Gasteiger partial charge is 0 e. The fraction of sp³-hybridized carbons (Fsp3) is 0.0370. The van der Waals surface area contributed by atoms with Crippen molar-refractivity contribution in [3.8, 4) is 22.3 Å². The third kappa shape index (κ3) is 7.69. The first-order chi connectivity index (χ1) is 12.4. The fourth-order valence-corrected chi connectivity index (χ4v) is 3.13. The number of hydrogen-bond acceptors (Lipinski definition) is 0. The Morgan fingerprint density at radius 2 is 0.621 bits per heavy atom. The maximum absolute atomic E-state index is 2.23. The Morgan fingerprint density at radius 3 is 0.931 bits per heavy atom. The van der Waals surface area contributed by atoms with Gasteiger partial charge in [0, 0.05) is 65.4 Å². The Balaban J connectivity index is 0.00000196. The second-order valence-corrected chi connectivity index (χ2v) is 6.30. The van der Waals surface area contributed by atoms with E-state index >= 15 is 0 Å². The summed E-state index contributed by atoms with van der Waals surface area (Å²) in [5.41, 5.74) is 7.74. The van der Waals surface area contributed by atoms with Crippen LogP contribution in [-0.4, -0.2) is 0 Å². The van der Waals surface area contributed by atoms with E-state index in [1.165, 1.54) is 33.4 Å². The fourth-order valence-electron chi connectivity index (χ4n) is 3.13. The van der Waals surface area contributed by atoms with E-state index in [1.54, 1.807) is 0 Å². The second kappa shape index (κ2) is 14.2. The SMILES string of the molecule is [CH3-].[CH3-].[Y].[Y].c1ccc(-c2ccc(Cc3ccc(-c4ccccc4)cc3)cc2)cc1. The summed E-state index contributed by atoms with van der Waals surface area (Å²) < 4.78 is 0. The van der Waals surface area contributed by atoms with E-state index in [1.807, 2.05) is 0 Å². The van der Waals surface area contributed by atoms with E-state index in [9.17, 15) is 0 Å². The van der Waals surface area contributed by atoms with Gasteiger partial charge in [-0.3, -0.25) is 0 Å². The van der Waals surface area contributed by atoms with Gasteiger partial charge in [0.2, 0.25) is 0 Å². The van der Waals surface area contributed by atoms with Crippen LogP contribution < -0.4 is 0 Å². The molecular weight excluding hydrogens is 502 g/mol. The molecule has 0 atom stereocenters. The van der Waals surface area contributed by atoms with Crippen LogP contribution in [0.4, 0.5) is 0 Å². The Labute approximate surface area is 226 Å². The molecule has 4 rings (SSSR count). The van der Waals surface area contributed by atoms with Crippen molar-refractivity contribution in [2.75, 3.05) is 0 Å². The standard InChI is InChI=1S/C25H20.2CH3.2Y/c1-3-7-22(8-4-1)24-15-11-20(12-16-24)19-21-13-17-25(18-14-21)23-9-5-2-6-10-23;;;;/h1-18H,19H2;2*1H3;;/q;2*-1;;. The molecule has 2 heteroatoms. The minimum absolute atomic E-state index is 0. The number of rotatable bonds is 4. The van der Waals surface area contributed by atoms with Crippen molar-refractivity contribution in [3.05, 3.63) is 135 Å². The predicted octanol–water partition coefficient (Wildman–Crippen LogP) is 7.51. The molecule has 0 bridgehead atoms. The van der Waals surface area contributed by atoms with Gasteiger partial charge in [0.05, 0.1) is 0 Å². The van der Waals surface area contributed by atoms with E-state index in [-0.39, 0.29) is 80.3 Å². The van der Waals surface area contributed by atoms with Gasteiger partial charge in [-0.15, -0.1) is 0 Å². The van der Waals surface area contributed by atoms with Crippen molar-refractivity contribution in [3.63, 3.8) is 0 Å². The summed E-state index contributed by atoms with van der Waals surface area (Å²) in [6, 6.07) is 38.8. The van der Waals surface area contributed by atoms with Gasteiger partial charge in [0.1, 0.15) is 0 Å². The first-order valence-corrected chi connectivity index (χ1v) is 8.67. The zero-order chi connectivity index (χ0) is 16.9. The predicted molar refractivity (Wildman–Crippen MR) is 119 cm³/mol. The van der Waals surface area contributed by atoms with E-state index < -0.39 is 0 Å². The molecule has 142 valence electrons. The quantitative estimate of drug-likeness (QED) is 0.241. The van der Waals surface area contributed by atoms with E-state index in [0.717, 1.165) is 6.42 Å². The van der Waals surface area contributed by atoms with Gasteiger partial charge in [0.25, 0.3) is 0 Å². The summed E-state index contributed by atoms with van der Waals surface area (Å²) in [5.74, 6) is 0. The van der Waals surface area contributed by atoms with Crippen molar-refractivity contribution in [1.82, 2.24) is 0 Å². The molecule has 0 amide bonds. The summed E-state index contributed by atoms with van der Waals surface area (Å²) in [7, 11) is 0. The molecule has 2 radical (unpaired) electrons. The summed E-state index contributed by atoms with van der Waals surface area (Å²) >= 11 is 0. The zero-order valence-electron chi connectivity index (χ0n) is 17.3. The molecule has 0 saturated carbocycles. The van der Waals surface area contributed by atoms with Crippen molar-refractivity contribution < 1.29 is 65.4 Å². The normalized spacial score (nSPS) is 9.10. The zero-order valence-corrected chi connectivity index (χ0v) is 22.9. The molecule has 0 heterocycles. The van der Waals surface area contributed by atoms with Gasteiger partial charge in [-0.25, -0.2) is 0 Å². The number of hydrogen-bond donors (Lipinski definition) is 0. The first kappa shape index (κ1) is 28.1. The molecule has 4 aromatic rings. The van der Waals surface area contributed by atoms with Gasteiger partial charge in [-0.05, 0) is 39.8 Å². The molecule has 29 heavy (non-hydrogen) atoms. The van der Waals surface area contributed by atoms with Crippen LogP contribution in [0.25, 0.3) is 22.3 Å². The monoisotopic (exact) mass is 528 g/mol. The van der Waals surface area contributed by atoms with Crippen LogP contribution in [0.5, 0.6) is 0 Å². The van der Waals surface area contributed by atoms with Crippen molar-refractivity contribution in [2.24, 2.45) is 0 Å². The maximum Gasteiger partial charge on any atom is 0 e. The first-order valence-electron chi connectivity index (χ1n) is 8.67. The molecule has 0 aromatic heterocycles. The molecule has 0 unspecified atom stereocenters. The largest absolute Gasteiger partial charge is 0.358 e. The van der Waals surface area contributed by atoms with Gasteiger partial charge < -0.3 is 14.9 Å². The summed E-state index contributed by atoms with van der Waals surface area (Å²) in [5, 5.41) is 0. The van der Waals surface area contributed by atoms with Crippen LogP contribution in [-0.2, 0) is 71.8 Å². The molecule has 0 N–H and O–H groups in total. The van der Waals surface area contributed by atoms with Gasteiger partial charge in [-0.1, -0.05) is 109 Å². The van der Waals surface area contributed by atoms with Crippen LogP contribution in [0.1, 0.15) is 11.1 Å². The average molecular weight is 528 g/mol. The van der Waals surface area contributed by atoms with Crippen LogP contribution in [0.2, 0.25) is 0 Å². The van der Waals surface area contributed by atoms with E-state index in [2.05, 4.69) is 109 Å². The molecule has 0 saturated heterocycles. The minimum Gasteiger partial charge on any atom is -0.358 e. The summed E-state index contributed by atoms with van der Waals surface area (Å²) in [6.45, 7) is 0. The van der Waals surface area contributed by atoms with Crippen LogP contribution in [0.15, 0.2) is 109 Å². The number of benzene rings is 4. The Morgan fingerprint density at radius 1 is 0.345 bits per heavy atom. The third-order valence-corrected chi connectivity index (χ3v) is 4.53. The van der Waals surface area contributed by atoms with E-state index in [4.69, 9.17) is 0 Å². The Kier molecular flexibility index (Phi) is 13.7. The van der Waals surface area contributed by atoms with Crippen LogP contribution >= 0.6 is 0 Å². The van der Waals surface area contributed by atoms with Crippen LogP contribution in [0, 0.1) is 14.9 Å². The molecular formula is C27H26Y2-2. The molecule has 0 spiro atoms. The molecule has 0 aliphatic heterocycles. The van der Waals surface area contributed by atoms with Crippen molar-refractivity contribution >= 4 is 0 Å². The molecule has 0 fully saturated rings. The van der Waals surface area contributed by atoms with Gasteiger partial charge in [0.15, 0.2) is 0 Å². The Bertz CT molecular complexity index is 848.